The summed E-state index contributed by atoms with van der Waals surface area (Å²) in [6, 6.07) is 13.2. The number of methoxy groups -OCH3 is 1. The van der Waals surface area contributed by atoms with E-state index in [-0.39, 0.29) is 11.0 Å². The van der Waals surface area contributed by atoms with Crippen LogP contribution in [0.1, 0.15) is 38.8 Å². The number of nitrogens with zero attached hydrogens (tertiary/aromatic N) is 3. The lowest BCUT2D eigenvalue weighted by Gasteiger charge is -2.18. The molecule has 0 atom stereocenters. The maximum Gasteiger partial charge on any atom is 0.308 e. The fraction of sp³-hybridized carbons (Fsp3) is 0.250. The van der Waals surface area contributed by atoms with Crippen molar-refractivity contribution in [1.82, 2.24) is 14.6 Å². The summed E-state index contributed by atoms with van der Waals surface area (Å²) < 4.78 is 12.2. The Morgan fingerprint density at radius 3 is 2.41 bits per heavy atom. The Labute approximate surface area is 188 Å². The van der Waals surface area contributed by atoms with Gasteiger partial charge in [0.1, 0.15) is 0 Å². The van der Waals surface area contributed by atoms with Gasteiger partial charge in [0.25, 0.3) is 5.56 Å². The van der Waals surface area contributed by atoms with Crippen LogP contribution >= 0.6 is 11.3 Å². The zero-order valence-electron chi connectivity index (χ0n) is 18.5. The quantitative estimate of drug-likeness (QED) is 0.350. The van der Waals surface area contributed by atoms with Crippen LogP contribution in [0, 0.1) is 0 Å². The van der Waals surface area contributed by atoms with Gasteiger partial charge in [-0.2, -0.15) is 9.50 Å². The highest BCUT2D eigenvalue weighted by Crippen LogP contribution is 2.28. The number of carbonyl (C=O) groups excluding carboxylic acids is 1. The van der Waals surface area contributed by atoms with Crippen LogP contribution in [0.2, 0.25) is 0 Å². The first-order valence-electron chi connectivity index (χ1n) is 10.0. The van der Waals surface area contributed by atoms with Gasteiger partial charge in [0.05, 0.1) is 11.6 Å². The largest absolute Gasteiger partial charge is 0.493 e. The monoisotopic (exact) mass is 449 g/mol. The molecule has 0 amide bonds. The minimum Gasteiger partial charge on any atom is -0.493 e. The maximum absolute atomic E-state index is 12.9. The normalized spacial score (nSPS) is 12.3. The second kappa shape index (κ2) is 8.20. The predicted molar refractivity (Wildman–Crippen MR) is 124 cm³/mol. The van der Waals surface area contributed by atoms with Gasteiger partial charge in [-0.15, -0.1) is 5.10 Å². The average molecular weight is 450 g/mol. The van der Waals surface area contributed by atoms with Gasteiger partial charge in [0, 0.05) is 12.5 Å². The zero-order valence-corrected chi connectivity index (χ0v) is 19.3. The van der Waals surface area contributed by atoms with Crippen molar-refractivity contribution in [2.45, 2.75) is 33.1 Å². The third kappa shape index (κ3) is 4.27. The molecule has 0 saturated heterocycles. The van der Waals surface area contributed by atoms with Gasteiger partial charge < -0.3 is 9.47 Å². The van der Waals surface area contributed by atoms with Gasteiger partial charge in [-0.05, 0) is 34.8 Å². The number of thiazole rings is 1. The SMILES string of the molecule is COc1cc(/C=c2\sc3nc(-c4ccc(C(C)(C)C)cc4)nn3c2=O)ccc1OC(C)=O. The smallest absolute Gasteiger partial charge is 0.308 e. The predicted octanol–water partition coefficient (Wildman–Crippen LogP) is 3.60. The standard InChI is InChI=1S/C24H23N3O4S/c1-14(28)31-18-11-6-15(12-19(18)30-5)13-20-22(29)27-23(32-20)25-21(26-27)16-7-9-17(10-8-16)24(2,3)4/h6-13H,1-5H3/b20-13-. The Balaban J connectivity index is 1.68. The molecule has 0 fully saturated rings. The number of hydrogen-bond donors (Lipinski definition) is 0. The topological polar surface area (TPSA) is 82.8 Å². The van der Waals surface area contributed by atoms with Gasteiger partial charge in [-0.25, -0.2) is 0 Å². The Morgan fingerprint density at radius 1 is 1.09 bits per heavy atom. The Hall–Kier alpha value is -3.52. The fourth-order valence-electron chi connectivity index (χ4n) is 3.24. The van der Waals surface area contributed by atoms with Gasteiger partial charge in [-0.3, -0.25) is 9.59 Å². The molecule has 32 heavy (non-hydrogen) atoms. The van der Waals surface area contributed by atoms with E-state index in [0.717, 1.165) is 11.1 Å². The van der Waals surface area contributed by atoms with E-state index in [1.165, 1.54) is 35.4 Å². The summed E-state index contributed by atoms with van der Waals surface area (Å²) in [5.74, 6) is 0.815. The third-order valence-corrected chi connectivity index (χ3v) is 5.89. The van der Waals surface area contributed by atoms with Crippen molar-refractivity contribution < 1.29 is 14.3 Å². The molecule has 7 nitrogen and oxygen atoms in total. The van der Waals surface area contributed by atoms with Gasteiger partial charge >= 0.3 is 5.97 Å². The van der Waals surface area contributed by atoms with E-state index in [1.54, 1.807) is 24.3 Å². The van der Waals surface area contributed by atoms with Crippen LogP contribution in [0.4, 0.5) is 0 Å². The summed E-state index contributed by atoms with van der Waals surface area (Å²) in [6.07, 6.45) is 1.74. The number of rotatable bonds is 4. The zero-order chi connectivity index (χ0) is 23.0. The van der Waals surface area contributed by atoms with Crippen molar-refractivity contribution in [3.63, 3.8) is 0 Å². The number of benzene rings is 2. The number of fused-ring (bicyclic) bond motifs is 1. The van der Waals surface area contributed by atoms with Crippen LogP contribution < -0.4 is 19.6 Å². The highest BCUT2D eigenvalue weighted by molar-refractivity contribution is 7.15. The Bertz CT molecular complexity index is 1410. The van der Waals surface area contributed by atoms with Crippen molar-refractivity contribution in [3.05, 3.63) is 68.5 Å². The molecule has 4 rings (SSSR count). The van der Waals surface area contributed by atoms with Crippen LogP contribution in [0.3, 0.4) is 0 Å². The Morgan fingerprint density at radius 2 is 1.81 bits per heavy atom. The molecule has 0 saturated carbocycles. The van der Waals surface area contributed by atoms with E-state index < -0.39 is 5.97 Å². The number of carbonyl (C=O) groups is 1. The molecule has 2 heterocycles. The van der Waals surface area contributed by atoms with E-state index in [2.05, 4.69) is 43.0 Å². The minimum atomic E-state index is -0.434. The molecule has 0 bridgehead atoms. The number of hydrogen-bond acceptors (Lipinski definition) is 7. The molecule has 0 radical (unpaired) electrons. The minimum absolute atomic E-state index is 0.0620. The second-order valence-electron chi connectivity index (χ2n) is 8.38. The van der Waals surface area contributed by atoms with Crippen molar-refractivity contribution in [1.29, 1.82) is 0 Å². The number of ether oxygens (including phenoxy) is 2. The lowest BCUT2D eigenvalue weighted by Crippen LogP contribution is -2.23. The van der Waals surface area contributed by atoms with Crippen molar-refractivity contribution >= 4 is 28.3 Å². The molecule has 2 aromatic heterocycles. The first-order chi connectivity index (χ1) is 15.2. The lowest BCUT2D eigenvalue weighted by molar-refractivity contribution is -0.132. The van der Waals surface area contributed by atoms with Crippen molar-refractivity contribution in [2.75, 3.05) is 7.11 Å². The maximum atomic E-state index is 12.9. The summed E-state index contributed by atoms with van der Waals surface area (Å²) in [5, 5.41) is 4.42. The van der Waals surface area contributed by atoms with E-state index >= 15 is 0 Å². The van der Waals surface area contributed by atoms with Crippen molar-refractivity contribution in [2.24, 2.45) is 0 Å². The van der Waals surface area contributed by atoms with Crippen LogP contribution in [0.15, 0.2) is 47.3 Å². The summed E-state index contributed by atoms with van der Waals surface area (Å²) >= 11 is 1.27. The molecule has 164 valence electrons. The molecule has 0 N–H and O–H groups in total. The van der Waals surface area contributed by atoms with E-state index in [1.807, 2.05) is 12.1 Å². The average Bonchev–Trinajstić information content (AvgIpc) is 3.28. The molecule has 0 aliphatic heterocycles. The first kappa shape index (κ1) is 21.7. The van der Waals surface area contributed by atoms with Crippen LogP contribution in [-0.2, 0) is 10.2 Å². The summed E-state index contributed by atoms with van der Waals surface area (Å²) in [6.45, 7) is 7.81. The molecule has 0 spiro atoms. The lowest BCUT2D eigenvalue weighted by atomic mass is 9.87. The van der Waals surface area contributed by atoms with Crippen LogP contribution in [0.5, 0.6) is 11.5 Å². The fourth-order valence-corrected chi connectivity index (χ4v) is 4.15. The van der Waals surface area contributed by atoms with E-state index in [0.29, 0.717) is 26.8 Å². The number of aromatic nitrogens is 3. The van der Waals surface area contributed by atoms with E-state index in [9.17, 15) is 9.59 Å². The molecule has 2 aromatic carbocycles. The van der Waals surface area contributed by atoms with Crippen LogP contribution in [0.25, 0.3) is 22.4 Å². The second-order valence-corrected chi connectivity index (χ2v) is 9.39. The molecular weight excluding hydrogens is 426 g/mol. The van der Waals surface area contributed by atoms with Gasteiger partial charge in [0.15, 0.2) is 17.3 Å². The Kier molecular flexibility index (Phi) is 5.56. The van der Waals surface area contributed by atoms with Crippen LogP contribution in [-0.4, -0.2) is 27.7 Å². The molecule has 0 aliphatic rings. The molecule has 4 aromatic rings. The third-order valence-electron chi connectivity index (χ3n) is 4.93. The summed E-state index contributed by atoms with van der Waals surface area (Å²) in [7, 11) is 1.49. The van der Waals surface area contributed by atoms with Gasteiger partial charge in [0.2, 0.25) is 4.96 Å². The van der Waals surface area contributed by atoms with Crippen molar-refractivity contribution in [3.8, 4) is 22.9 Å². The first-order valence-corrected chi connectivity index (χ1v) is 10.9. The highest BCUT2D eigenvalue weighted by Gasteiger charge is 2.16. The summed E-state index contributed by atoms with van der Waals surface area (Å²) in [4.78, 5) is 29.2. The van der Waals surface area contributed by atoms with Gasteiger partial charge in [-0.1, -0.05) is 62.4 Å². The number of esters is 1. The molecule has 8 heteroatoms. The summed E-state index contributed by atoms with van der Waals surface area (Å²) in [5.41, 5.74) is 2.64. The highest BCUT2D eigenvalue weighted by atomic mass is 32.1. The van der Waals surface area contributed by atoms with E-state index in [4.69, 9.17) is 9.47 Å². The molecule has 0 unspecified atom stereocenters. The molecular formula is C24H23N3O4S. The molecule has 0 aliphatic carbocycles.